The van der Waals surface area contributed by atoms with Gasteiger partial charge in [-0.1, -0.05) is 211 Å². The first kappa shape index (κ1) is 70.1. The summed E-state index contributed by atoms with van der Waals surface area (Å²) in [7, 11) is 3.92. The molecule has 0 aliphatic heterocycles. The molecule has 0 aliphatic carbocycles. The summed E-state index contributed by atoms with van der Waals surface area (Å²) >= 11 is 0. The molecule has 0 saturated heterocycles. The van der Waals surface area contributed by atoms with Crippen molar-refractivity contribution >= 4 is 23.8 Å². The predicted molar refractivity (Wildman–Crippen MR) is 310 cm³/mol. The minimum atomic E-state index is -1.40. The van der Waals surface area contributed by atoms with Crippen molar-refractivity contribution in [3.05, 3.63) is 36.5 Å². The van der Waals surface area contributed by atoms with E-state index in [9.17, 15) is 19.2 Å². The van der Waals surface area contributed by atoms with Crippen molar-refractivity contribution in [3.8, 4) is 0 Å². The van der Waals surface area contributed by atoms with Crippen LogP contribution in [-0.2, 0) is 33.4 Å². The van der Waals surface area contributed by atoms with Crippen LogP contribution < -0.4 is 5.32 Å². The van der Waals surface area contributed by atoms with Gasteiger partial charge in [0, 0.05) is 25.7 Å². The Hall–Kier alpha value is -2.94. The molecule has 426 valence electrons. The molecule has 1 amide bonds. The van der Waals surface area contributed by atoms with Gasteiger partial charge in [0.15, 0.2) is 0 Å². The molecule has 73 heavy (non-hydrogen) atoms. The number of ether oxygens (including phenoxy) is 3. The number of hydrogen-bond acceptors (Lipinski definition) is 8. The maximum absolute atomic E-state index is 13.5. The lowest BCUT2D eigenvalue weighted by Crippen LogP contribution is -2.59. The molecule has 0 heterocycles. The molecule has 0 saturated carbocycles. The molecule has 0 fully saturated rings. The van der Waals surface area contributed by atoms with E-state index in [-0.39, 0.29) is 69.3 Å². The SMILES string of the molecule is CCCCCCCC/C=C\CCCCCCCC(=O)OCC(COC(=O)CCCCCCC/C=C\CCCCCCCC)(COC(=O)CCCCCCC/C=C\CCCCCCCC)NC(=O)CCCN(C)C. The Bertz CT molecular complexity index is 1210. The van der Waals surface area contributed by atoms with Crippen LogP contribution in [-0.4, -0.2) is 74.7 Å². The van der Waals surface area contributed by atoms with Crippen molar-refractivity contribution in [2.45, 2.75) is 309 Å². The Morgan fingerprint density at radius 3 is 0.849 bits per heavy atom. The van der Waals surface area contributed by atoms with Gasteiger partial charge in [-0.05, 0) is 123 Å². The highest BCUT2D eigenvalue weighted by Crippen LogP contribution is 2.17. The normalized spacial score (nSPS) is 12.0. The summed E-state index contributed by atoms with van der Waals surface area (Å²) in [6, 6.07) is 0. The van der Waals surface area contributed by atoms with Gasteiger partial charge >= 0.3 is 17.9 Å². The summed E-state index contributed by atoms with van der Waals surface area (Å²) in [5, 5.41) is 3.03. The minimum absolute atomic E-state index is 0.231. The molecule has 1 N–H and O–H groups in total. The van der Waals surface area contributed by atoms with E-state index in [2.05, 4.69) is 62.5 Å². The maximum Gasteiger partial charge on any atom is 0.305 e. The molecule has 9 nitrogen and oxygen atoms in total. The second kappa shape index (κ2) is 55.3. The van der Waals surface area contributed by atoms with Crippen LogP contribution in [0.4, 0.5) is 0 Å². The Balaban J connectivity index is 5.24. The van der Waals surface area contributed by atoms with Gasteiger partial charge in [-0.15, -0.1) is 0 Å². The molecular weight excluding hydrogens is 909 g/mol. The van der Waals surface area contributed by atoms with E-state index in [4.69, 9.17) is 14.2 Å². The van der Waals surface area contributed by atoms with Gasteiger partial charge in [-0.25, -0.2) is 0 Å². The van der Waals surface area contributed by atoms with E-state index in [1.54, 1.807) is 0 Å². The monoisotopic (exact) mass is 1030 g/mol. The van der Waals surface area contributed by atoms with E-state index in [0.29, 0.717) is 25.7 Å². The van der Waals surface area contributed by atoms with Gasteiger partial charge in [0.1, 0.15) is 25.4 Å². The fourth-order valence-electron chi connectivity index (χ4n) is 9.04. The largest absolute Gasteiger partial charge is 0.463 e. The van der Waals surface area contributed by atoms with Crippen LogP contribution in [0.25, 0.3) is 0 Å². The lowest BCUT2D eigenvalue weighted by molar-refractivity contribution is -0.159. The van der Waals surface area contributed by atoms with Gasteiger partial charge < -0.3 is 24.4 Å². The Labute approximate surface area is 451 Å². The Morgan fingerprint density at radius 2 is 0.589 bits per heavy atom. The second-order valence-corrected chi connectivity index (χ2v) is 21.7. The molecule has 0 aromatic heterocycles. The van der Waals surface area contributed by atoms with E-state index in [1.807, 2.05) is 19.0 Å². The van der Waals surface area contributed by atoms with Crippen LogP contribution in [0.5, 0.6) is 0 Å². The average Bonchev–Trinajstić information content (AvgIpc) is 3.37. The molecule has 0 unspecified atom stereocenters. The van der Waals surface area contributed by atoms with Crippen molar-refractivity contribution in [2.75, 3.05) is 40.5 Å². The average molecular weight is 1030 g/mol. The summed E-state index contributed by atoms with van der Waals surface area (Å²) in [6.07, 6.45) is 61.3. The number of allylic oxidation sites excluding steroid dienone is 6. The first-order valence-electron chi connectivity index (χ1n) is 31.1. The highest BCUT2D eigenvalue weighted by atomic mass is 16.6. The van der Waals surface area contributed by atoms with Gasteiger partial charge in [0.05, 0.1) is 0 Å². The first-order valence-corrected chi connectivity index (χ1v) is 31.1. The minimum Gasteiger partial charge on any atom is -0.463 e. The van der Waals surface area contributed by atoms with Crippen LogP contribution >= 0.6 is 0 Å². The van der Waals surface area contributed by atoms with Crippen LogP contribution in [0.2, 0.25) is 0 Å². The third kappa shape index (κ3) is 52.3. The predicted octanol–water partition coefficient (Wildman–Crippen LogP) is 17.9. The topological polar surface area (TPSA) is 111 Å². The van der Waals surface area contributed by atoms with Gasteiger partial charge in [-0.3, -0.25) is 19.2 Å². The Morgan fingerprint density at radius 1 is 0.342 bits per heavy atom. The lowest BCUT2D eigenvalue weighted by atomic mass is 10.0. The van der Waals surface area contributed by atoms with Crippen LogP contribution in [0.15, 0.2) is 36.5 Å². The zero-order valence-electron chi connectivity index (χ0n) is 48.7. The fraction of sp³-hybridized carbons (Fsp3) is 0.844. The van der Waals surface area contributed by atoms with Gasteiger partial charge in [0.25, 0.3) is 0 Å². The maximum atomic E-state index is 13.5. The third-order valence-corrected chi connectivity index (χ3v) is 13.9. The first-order chi connectivity index (χ1) is 35.7. The number of nitrogens with zero attached hydrogens (tertiary/aromatic N) is 1. The number of esters is 3. The summed E-state index contributed by atoms with van der Waals surface area (Å²) in [4.78, 5) is 55.1. The number of unbranched alkanes of at least 4 members (excludes halogenated alkanes) is 33. The van der Waals surface area contributed by atoms with Crippen LogP contribution in [0, 0.1) is 0 Å². The molecule has 0 rings (SSSR count). The van der Waals surface area contributed by atoms with E-state index >= 15 is 0 Å². The third-order valence-electron chi connectivity index (χ3n) is 13.9. The summed E-state index contributed by atoms with van der Waals surface area (Å²) < 4.78 is 17.6. The summed E-state index contributed by atoms with van der Waals surface area (Å²) in [5.41, 5.74) is -1.40. The molecule has 9 heteroatoms. The lowest BCUT2D eigenvalue weighted by Gasteiger charge is -2.33. The molecule has 0 aromatic rings. The molecular formula is C64H118N2O7. The molecule has 0 atom stereocenters. The molecule has 0 aliphatic rings. The molecule has 0 bridgehead atoms. The van der Waals surface area contributed by atoms with Crippen molar-refractivity contribution in [3.63, 3.8) is 0 Å². The number of amides is 1. The van der Waals surface area contributed by atoms with Crippen molar-refractivity contribution in [2.24, 2.45) is 0 Å². The molecule has 0 spiro atoms. The second-order valence-electron chi connectivity index (χ2n) is 21.7. The quantitative estimate of drug-likeness (QED) is 0.0278. The van der Waals surface area contributed by atoms with E-state index in [0.717, 1.165) is 103 Å². The Kier molecular flexibility index (Phi) is 53.1. The van der Waals surface area contributed by atoms with Crippen LogP contribution in [0.1, 0.15) is 303 Å². The summed E-state index contributed by atoms with van der Waals surface area (Å²) in [6.45, 7) is 6.74. The molecule has 0 radical (unpaired) electrons. The zero-order valence-corrected chi connectivity index (χ0v) is 48.7. The standard InChI is InChI=1S/C64H118N2O7/c1-6-9-12-15-18-21-24-27-30-33-36-39-42-45-48-53-61(68)71-57-64(65-60(67)52-51-56-66(4)5,58-72-62(69)54-49-46-43-40-37-34-31-28-25-22-19-16-13-10-7-2)59-73-63(70)55-50-47-44-41-38-35-32-29-26-23-20-17-14-11-8-3/h27-32H,6-26,33-59H2,1-5H3,(H,65,67)/b30-27-,31-28-,32-29-. The number of hydrogen-bond donors (Lipinski definition) is 1. The number of carbonyl (C=O) groups is 4. The van der Waals surface area contributed by atoms with Gasteiger partial charge in [-0.2, -0.15) is 0 Å². The number of nitrogens with one attached hydrogen (secondary N) is 1. The summed E-state index contributed by atoms with van der Waals surface area (Å²) in [5.74, 6) is -1.38. The van der Waals surface area contributed by atoms with Gasteiger partial charge in [0.2, 0.25) is 5.91 Å². The van der Waals surface area contributed by atoms with Crippen molar-refractivity contribution in [1.29, 1.82) is 0 Å². The number of rotatable bonds is 56. The molecule has 0 aromatic carbocycles. The fourth-order valence-corrected chi connectivity index (χ4v) is 9.04. The van der Waals surface area contributed by atoms with Crippen molar-refractivity contribution in [1.82, 2.24) is 10.2 Å². The number of carbonyl (C=O) groups excluding carboxylic acids is 4. The zero-order chi connectivity index (χ0) is 53.4. The van der Waals surface area contributed by atoms with E-state index in [1.165, 1.54) is 135 Å². The van der Waals surface area contributed by atoms with Crippen molar-refractivity contribution < 1.29 is 33.4 Å². The highest BCUT2D eigenvalue weighted by molar-refractivity contribution is 5.77. The highest BCUT2D eigenvalue weighted by Gasteiger charge is 2.37. The van der Waals surface area contributed by atoms with Crippen LogP contribution in [0.3, 0.4) is 0 Å². The van der Waals surface area contributed by atoms with E-state index < -0.39 is 5.54 Å². The smallest absolute Gasteiger partial charge is 0.305 e.